The van der Waals surface area contributed by atoms with Crippen molar-refractivity contribution in [3.63, 3.8) is 0 Å². The summed E-state index contributed by atoms with van der Waals surface area (Å²) >= 11 is 0. The Kier molecular flexibility index (Phi) is 8.45. The summed E-state index contributed by atoms with van der Waals surface area (Å²) in [5, 5.41) is 0. The maximum absolute atomic E-state index is 5.80. The van der Waals surface area contributed by atoms with E-state index >= 15 is 0 Å². The Morgan fingerprint density at radius 3 is 2.15 bits per heavy atom. The van der Waals surface area contributed by atoms with Gasteiger partial charge in [0.15, 0.2) is 0 Å². The lowest BCUT2D eigenvalue weighted by Gasteiger charge is -2.05. The van der Waals surface area contributed by atoms with Crippen molar-refractivity contribution < 1.29 is 9.47 Å². The quantitative estimate of drug-likeness (QED) is 0.221. The molecule has 0 radical (unpaired) electrons. The van der Waals surface area contributed by atoms with Crippen molar-refractivity contribution in [3.8, 4) is 29.4 Å². The fraction of sp³-hybridized carbons (Fsp3) is 0.312. The smallest absolute Gasteiger partial charge is 0.119 e. The van der Waals surface area contributed by atoms with E-state index in [4.69, 9.17) is 9.47 Å². The predicted molar refractivity (Wildman–Crippen MR) is 139 cm³/mol. The Labute approximate surface area is 204 Å². The van der Waals surface area contributed by atoms with E-state index in [9.17, 15) is 0 Å². The van der Waals surface area contributed by atoms with Gasteiger partial charge < -0.3 is 9.47 Å². The van der Waals surface area contributed by atoms with Crippen molar-refractivity contribution in [2.45, 2.75) is 52.1 Å². The van der Waals surface area contributed by atoms with Gasteiger partial charge in [0.2, 0.25) is 0 Å². The maximum atomic E-state index is 5.80. The number of hydrogen-bond donors (Lipinski definition) is 0. The lowest BCUT2D eigenvalue weighted by molar-refractivity contribution is 0.293. The van der Waals surface area contributed by atoms with E-state index in [0.29, 0.717) is 6.10 Å². The molecule has 1 aliphatic rings. The molecule has 34 heavy (non-hydrogen) atoms. The van der Waals surface area contributed by atoms with Crippen molar-refractivity contribution in [2.24, 2.45) is 0 Å². The molecule has 2 nitrogen and oxygen atoms in total. The lowest BCUT2D eigenvalue weighted by atomic mass is 10.0. The van der Waals surface area contributed by atoms with Gasteiger partial charge in [-0.1, -0.05) is 56.1 Å². The Hall–Kier alpha value is -3.46. The molecular weight excluding hydrogens is 416 g/mol. The van der Waals surface area contributed by atoms with Crippen molar-refractivity contribution in [2.75, 3.05) is 13.2 Å². The highest BCUT2D eigenvalue weighted by Gasteiger charge is 2.21. The SMILES string of the molecule is CCCc1ccc(C#Cc2ccc(C#Cc3ccc(OCCCC4CO4)cc3)cc2CC)cc1. The van der Waals surface area contributed by atoms with Crippen LogP contribution in [0.3, 0.4) is 0 Å². The molecule has 1 fully saturated rings. The van der Waals surface area contributed by atoms with Gasteiger partial charge in [0, 0.05) is 22.3 Å². The van der Waals surface area contributed by atoms with E-state index in [-0.39, 0.29) is 0 Å². The average molecular weight is 449 g/mol. The van der Waals surface area contributed by atoms with Crippen LogP contribution >= 0.6 is 0 Å². The van der Waals surface area contributed by atoms with Crippen LogP contribution in [-0.4, -0.2) is 19.3 Å². The number of aryl methyl sites for hydroxylation is 2. The molecule has 1 unspecified atom stereocenters. The molecule has 1 heterocycles. The number of rotatable bonds is 8. The molecule has 0 amide bonds. The van der Waals surface area contributed by atoms with Crippen molar-refractivity contribution in [1.29, 1.82) is 0 Å². The molecule has 3 aromatic rings. The highest BCUT2D eigenvalue weighted by atomic mass is 16.6. The van der Waals surface area contributed by atoms with E-state index in [1.165, 1.54) is 11.1 Å². The summed E-state index contributed by atoms with van der Waals surface area (Å²) in [4.78, 5) is 0. The minimum atomic E-state index is 0.471. The molecule has 0 N–H and O–H groups in total. The summed E-state index contributed by atoms with van der Waals surface area (Å²) in [6.45, 7) is 6.00. The zero-order chi connectivity index (χ0) is 23.6. The first-order chi connectivity index (χ1) is 16.7. The van der Waals surface area contributed by atoms with E-state index in [2.05, 4.69) is 80.0 Å². The lowest BCUT2D eigenvalue weighted by Crippen LogP contribution is -1.99. The molecule has 3 aromatic carbocycles. The van der Waals surface area contributed by atoms with Gasteiger partial charge in [0.1, 0.15) is 5.75 Å². The average Bonchev–Trinajstić information content (AvgIpc) is 3.70. The zero-order valence-electron chi connectivity index (χ0n) is 20.2. The van der Waals surface area contributed by atoms with E-state index in [0.717, 1.165) is 73.3 Å². The van der Waals surface area contributed by atoms with Crippen LogP contribution in [0.25, 0.3) is 0 Å². The highest BCUT2D eigenvalue weighted by molar-refractivity contribution is 5.52. The Morgan fingerprint density at radius 2 is 1.47 bits per heavy atom. The molecule has 0 aromatic heterocycles. The zero-order valence-corrected chi connectivity index (χ0v) is 20.2. The van der Waals surface area contributed by atoms with Crippen molar-refractivity contribution in [3.05, 3.63) is 100 Å². The fourth-order valence-electron chi connectivity index (χ4n) is 3.78. The molecule has 0 bridgehead atoms. The standard InChI is InChI=1S/C32H32O2/c1-3-6-25-8-10-26(11-9-25)14-18-30-19-15-28(23-29(30)4-2)13-12-27-16-20-31(21-17-27)33-22-5-7-32-24-34-32/h8-11,15-17,19-21,23,32H,3-7,22,24H2,1-2H3. The number of hydrogen-bond acceptors (Lipinski definition) is 2. The van der Waals surface area contributed by atoms with Gasteiger partial charge in [0.05, 0.1) is 19.3 Å². The second-order valence-corrected chi connectivity index (χ2v) is 8.64. The third-order valence-corrected chi connectivity index (χ3v) is 5.87. The molecule has 1 saturated heterocycles. The number of benzene rings is 3. The minimum absolute atomic E-state index is 0.471. The monoisotopic (exact) mass is 448 g/mol. The maximum Gasteiger partial charge on any atom is 0.119 e. The number of epoxide rings is 1. The molecule has 172 valence electrons. The van der Waals surface area contributed by atoms with Crippen molar-refractivity contribution >= 4 is 0 Å². The van der Waals surface area contributed by atoms with Gasteiger partial charge >= 0.3 is 0 Å². The van der Waals surface area contributed by atoms with Crippen molar-refractivity contribution in [1.82, 2.24) is 0 Å². The molecule has 2 heteroatoms. The molecule has 1 aliphatic heterocycles. The highest BCUT2D eigenvalue weighted by Crippen LogP contribution is 2.17. The van der Waals surface area contributed by atoms with Gasteiger partial charge in [-0.3, -0.25) is 0 Å². The van der Waals surface area contributed by atoms with Crippen LogP contribution in [0.15, 0.2) is 66.7 Å². The van der Waals surface area contributed by atoms with Crippen LogP contribution < -0.4 is 4.74 Å². The summed E-state index contributed by atoms with van der Waals surface area (Å²) < 4.78 is 11.0. The molecule has 0 aliphatic carbocycles. The van der Waals surface area contributed by atoms with E-state index in [1.54, 1.807) is 0 Å². The third kappa shape index (κ3) is 7.28. The van der Waals surface area contributed by atoms with E-state index in [1.807, 2.05) is 24.3 Å². The van der Waals surface area contributed by atoms with Gasteiger partial charge in [-0.25, -0.2) is 0 Å². The summed E-state index contributed by atoms with van der Waals surface area (Å²) in [5.41, 5.74) is 6.70. The van der Waals surface area contributed by atoms with Crippen LogP contribution in [0.2, 0.25) is 0 Å². The third-order valence-electron chi connectivity index (χ3n) is 5.87. The Balaban J connectivity index is 1.37. The summed E-state index contributed by atoms with van der Waals surface area (Å²) in [5.74, 6) is 14.1. The van der Waals surface area contributed by atoms with Gasteiger partial charge in [0.25, 0.3) is 0 Å². The predicted octanol–water partition coefficient (Wildman–Crippen LogP) is 6.56. The first-order valence-corrected chi connectivity index (χ1v) is 12.3. The van der Waals surface area contributed by atoms with Gasteiger partial charge in [-0.05, 0) is 91.4 Å². The summed E-state index contributed by atoms with van der Waals surface area (Å²) in [6.07, 6.45) is 5.78. The van der Waals surface area contributed by atoms with E-state index < -0.39 is 0 Å². The van der Waals surface area contributed by atoms with Crippen LogP contribution in [0.5, 0.6) is 5.75 Å². The van der Waals surface area contributed by atoms with Crippen LogP contribution in [0.1, 0.15) is 66.5 Å². The molecule has 4 rings (SSSR count). The van der Waals surface area contributed by atoms with Gasteiger partial charge in [-0.15, -0.1) is 0 Å². The topological polar surface area (TPSA) is 21.8 Å². The van der Waals surface area contributed by atoms with Crippen LogP contribution in [0.4, 0.5) is 0 Å². The molecular formula is C32H32O2. The van der Waals surface area contributed by atoms with Crippen LogP contribution in [0, 0.1) is 23.7 Å². The minimum Gasteiger partial charge on any atom is -0.494 e. The fourth-order valence-corrected chi connectivity index (χ4v) is 3.78. The number of ether oxygens (including phenoxy) is 2. The first kappa shape index (κ1) is 23.7. The summed E-state index contributed by atoms with van der Waals surface area (Å²) in [7, 11) is 0. The second kappa shape index (κ2) is 12.1. The van der Waals surface area contributed by atoms with Crippen LogP contribution in [-0.2, 0) is 17.6 Å². The largest absolute Gasteiger partial charge is 0.494 e. The first-order valence-electron chi connectivity index (χ1n) is 12.3. The Morgan fingerprint density at radius 1 is 0.824 bits per heavy atom. The Bertz CT molecular complexity index is 1190. The molecule has 1 atom stereocenters. The molecule has 0 spiro atoms. The molecule has 0 saturated carbocycles. The second-order valence-electron chi connectivity index (χ2n) is 8.64. The summed E-state index contributed by atoms with van der Waals surface area (Å²) in [6, 6.07) is 22.9. The normalized spacial score (nSPS) is 13.9. The van der Waals surface area contributed by atoms with Gasteiger partial charge in [-0.2, -0.15) is 0 Å².